The fourth-order valence-corrected chi connectivity index (χ4v) is 2.72. The summed E-state index contributed by atoms with van der Waals surface area (Å²) >= 11 is 5.29. The summed E-state index contributed by atoms with van der Waals surface area (Å²) in [5.41, 5.74) is 0.209. The molecule has 0 saturated carbocycles. The van der Waals surface area contributed by atoms with Crippen molar-refractivity contribution in [2.75, 3.05) is 0 Å². The van der Waals surface area contributed by atoms with Crippen LogP contribution in [0.4, 0.5) is 26.3 Å². The molecule has 0 spiro atoms. The maximum atomic E-state index is 12.4. The highest BCUT2D eigenvalue weighted by Gasteiger charge is 2.31. The second-order valence-electron chi connectivity index (χ2n) is 7.21. The summed E-state index contributed by atoms with van der Waals surface area (Å²) in [4.78, 5) is 6.82. The highest BCUT2D eigenvalue weighted by atomic mass is 35.5. The predicted octanol–water partition coefficient (Wildman–Crippen LogP) is 8.25. The first-order chi connectivity index (χ1) is 17.5. The molecule has 38 heavy (non-hydrogen) atoms. The van der Waals surface area contributed by atoms with Crippen molar-refractivity contribution in [3.8, 4) is 5.75 Å². The predicted molar refractivity (Wildman–Crippen MR) is 133 cm³/mol. The molecule has 0 bridgehead atoms. The van der Waals surface area contributed by atoms with Crippen LogP contribution in [0, 0.1) is 0 Å². The van der Waals surface area contributed by atoms with Gasteiger partial charge in [-0.25, -0.2) is 0 Å². The van der Waals surface area contributed by atoms with Crippen molar-refractivity contribution in [3.63, 3.8) is 0 Å². The number of rotatable bonds is 4. The van der Waals surface area contributed by atoms with Gasteiger partial charge in [0.15, 0.2) is 0 Å². The number of aliphatic hydroxyl groups excluding tert-OH is 1. The Morgan fingerprint density at radius 3 is 1.58 bits per heavy atom. The van der Waals surface area contributed by atoms with Gasteiger partial charge in [0.25, 0.3) is 0 Å². The van der Waals surface area contributed by atoms with Gasteiger partial charge < -0.3 is 9.84 Å². The van der Waals surface area contributed by atoms with Gasteiger partial charge in [-0.1, -0.05) is 79.7 Å². The molecule has 0 fully saturated rings. The Balaban J connectivity index is 0.000000309. The van der Waals surface area contributed by atoms with Gasteiger partial charge in [0, 0.05) is 18.6 Å². The summed E-state index contributed by atoms with van der Waals surface area (Å²) in [7, 11) is 0. The van der Waals surface area contributed by atoms with E-state index in [1.54, 1.807) is 0 Å². The summed E-state index contributed by atoms with van der Waals surface area (Å²) < 4.78 is 78.2. The van der Waals surface area contributed by atoms with E-state index in [1.807, 2.05) is 60.7 Å². The molecule has 0 unspecified atom stereocenters. The van der Waals surface area contributed by atoms with Gasteiger partial charge in [-0.05, 0) is 23.3 Å². The summed E-state index contributed by atoms with van der Waals surface area (Å²) in [6.45, 7) is 0.352. The summed E-state index contributed by atoms with van der Waals surface area (Å²) in [5, 5.41) is 8.52. The van der Waals surface area contributed by atoms with Gasteiger partial charge in [0.1, 0.15) is 12.4 Å². The summed E-state index contributed by atoms with van der Waals surface area (Å²) in [6.07, 6.45) is -4.85. The van der Waals surface area contributed by atoms with E-state index in [-0.39, 0.29) is 31.4 Å². The number of alkyl halides is 6. The SMILES string of the molecule is C.FC(F)(F)c1cncc(Cl)c1.FC(F)(F)c1cncc(OCc2ccccc2)c1.OCc1ccccc1. The lowest BCUT2D eigenvalue weighted by Gasteiger charge is -2.09. The molecule has 11 heteroatoms. The van der Waals surface area contributed by atoms with Crippen LogP contribution in [0.3, 0.4) is 0 Å². The van der Waals surface area contributed by atoms with Crippen molar-refractivity contribution < 1.29 is 36.2 Å². The lowest BCUT2D eigenvalue weighted by atomic mass is 10.2. The van der Waals surface area contributed by atoms with Crippen molar-refractivity contribution in [2.45, 2.75) is 33.0 Å². The molecule has 1 N–H and O–H groups in total. The zero-order valence-electron chi connectivity index (χ0n) is 19.0. The minimum Gasteiger partial charge on any atom is -0.487 e. The van der Waals surface area contributed by atoms with E-state index in [0.717, 1.165) is 41.9 Å². The number of hydrogen-bond acceptors (Lipinski definition) is 4. The Hall–Kier alpha value is -3.63. The standard InChI is InChI=1S/C13H10F3NO.C7H8O.C6H3ClF3N.CH4/c14-13(15,16)11-6-12(8-17-7-11)18-9-10-4-2-1-3-5-10;8-6-7-4-2-1-3-5-7;7-5-1-4(2-11-3-5)6(8,9)10;/h1-8H,9H2;1-5,8H,6H2;1-3H;1H4. The zero-order valence-corrected chi connectivity index (χ0v) is 19.8. The van der Waals surface area contributed by atoms with Crippen LogP contribution in [0.25, 0.3) is 0 Å². The van der Waals surface area contributed by atoms with Crippen molar-refractivity contribution in [2.24, 2.45) is 0 Å². The molecule has 4 aromatic rings. The molecular formula is C27H25ClF6N2O2. The van der Waals surface area contributed by atoms with Crippen LogP contribution in [0.5, 0.6) is 5.75 Å². The molecule has 4 rings (SSSR count). The largest absolute Gasteiger partial charge is 0.487 e. The maximum absolute atomic E-state index is 12.4. The highest BCUT2D eigenvalue weighted by Crippen LogP contribution is 2.31. The Bertz CT molecular complexity index is 1210. The molecule has 0 atom stereocenters. The molecule has 0 amide bonds. The minimum atomic E-state index is -4.40. The highest BCUT2D eigenvalue weighted by molar-refractivity contribution is 6.30. The first-order valence-electron chi connectivity index (χ1n) is 10.5. The van der Waals surface area contributed by atoms with Crippen LogP contribution < -0.4 is 4.74 Å². The summed E-state index contributed by atoms with van der Waals surface area (Å²) in [6, 6.07) is 20.5. The number of ether oxygens (including phenoxy) is 1. The van der Waals surface area contributed by atoms with E-state index in [2.05, 4.69) is 9.97 Å². The fraction of sp³-hybridized carbons (Fsp3) is 0.185. The van der Waals surface area contributed by atoms with E-state index in [4.69, 9.17) is 21.4 Å². The molecule has 0 saturated heterocycles. The molecule has 2 heterocycles. The molecule has 0 radical (unpaired) electrons. The first kappa shape index (κ1) is 32.4. The molecule has 4 nitrogen and oxygen atoms in total. The lowest BCUT2D eigenvalue weighted by Crippen LogP contribution is -2.06. The fourth-order valence-electron chi connectivity index (χ4n) is 2.54. The van der Waals surface area contributed by atoms with Crippen LogP contribution in [-0.2, 0) is 25.6 Å². The number of nitrogens with zero attached hydrogens (tertiary/aromatic N) is 2. The van der Waals surface area contributed by atoms with Crippen LogP contribution >= 0.6 is 11.6 Å². The van der Waals surface area contributed by atoms with Crippen LogP contribution in [0.15, 0.2) is 97.6 Å². The smallest absolute Gasteiger partial charge is 0.418 e. The molecule has 0 aliphatic heterocycles. The number of benzene rings is 2. The second kappa shape index (κ2) is 15.6. The molecule has 2 aromatic carbocycles. The minimum absolute atomic E-state index is 0. The molecule has 0 aliphatic carbocycles. The molecule has 2 aromatic heterocycles. The number of aromatic nitrogens is 2. The lowest BCUT2D eigenvalue weighted by molar-refractivity contribution is -0.138. The van der Waals surface area contributed by atoms with Gasteiger partial charge in [0.2, 0.25) is 0 Å². The second-order valence-corrected chi connectivity index (χ2v) is 7.65. The van der Waals surface area contributed by atoms with Crippen LogP contribution in [0.2, 0.25) is 5.02 Å². The van der Waals surface area contributed by atoms with E-state index in [0.29, 0.717) is 0 Å². The first-order valence-corrected chi connectivity index (χ1v) is 10.9. The van der Waals surface area contributed by atoms with E-state index in [9.17, 15) is 26.3 Å². The number of halogens is 7. The van der Waals surface area contributed by atoms with Gasteiger partial charge in [0.05, 0.1) is 29.0 Å². The van der Waals surface area contributed by atoms with E-state index < -0.39 is 23.5 Å². The van der Waals surface area contributed by atoms with Gasteiger partial charge in [-0.15, -0.1) is 0 Å². The van der Waals surface area contributed by atoms with Crippen LogP contribution in [-0.4, -0.2) is 15.1 Å². The average Bonchev–Trinajstić information content (AvgIpc) is 2.88. The zero-order chi connectivity index (χ0) is 27.3. The van der Waals surface area contributed by atoms with Gasteiger partial charge >= 0.3 is 12.4 Å². The van der Waals surface area contributed by atoms with Crippen molar-refractivity contribution >= 4 is 11.6 Å². The molecule has 0 aliphatic rings. The average molecular weight is 559 g/mol. The Morgan fingerprint density at radius 2 is 1.16 bits per heavy atom. The van der Waals surface area contributed by atoms with Crippen LogP contribution in [0.1, 0.15) is 29.7 Å². The molecule has 204 valence electrons. The monoisotopic (exact) mass is 558 g/mol. The van der Waals surface area contributed by atoms with Crippen molar-refractivity contribution in [1.82, 2.24) is 9.97 Å². The van der Waals surface area contributed by atoms with E-state index in [1.165, 1.54) is 6.20 Å². The van der Waals surface area contributed by atoms with Gasteiger partial charge in [-0.2, -0.15) is 26.3 Å². The van der Waals surface area contributed by atoms with Gasteiger partial charge in [-0.3, -0.25) is 9.97 Å². The Labute approximate surface area is 221 Å². The number of aliphatic hydroxyl groups is 1. The summed E-state index contributed by atoms with van der Waals surface area (Å²) in [5.74, 6) is 0.105. The topological polar surface area (TPSA) is 55.2 Å². The third-order valence-electron chi connectivity index (χ3n) is 4.35. The maximum Gasteiger partial charge on any atom is 0.418 e. The Morgan fingerprint density at radius 1 is 0.684 bits per heavy atom. The van der Waals surface area contributed by atoms with Crippen molar-refractivity contribution in [3.05, 3.63) is 125 Å². The normalized spacial score (nSPS) is 10.6. The van der Waals surface area contributed by atoms with E-state index >= 15 is 0 Å². The van der Waals surface area contributed by atoms with Crippen molar-refractivity contribution in [1.29, 1.82) is 0 Å². The molecular weight excluding hydrogens is 534 g/mol. The number of pyridine rings is 2. The Kier molecular flexibility index (Phi) is 13.3. The quantitative estimate of drug-likeness (QED) is 0.256. The third kappa shape index (κ3) is 12.1. The number of hydrogen-bond donors (Lipinski definition) is 1. The third-order valence-corrected chi connectivity index (χ3v) is 4.55.